The first kappa shape index (κ1) is 14.1. The van der Waals surface area contributed by atoms with Crippen LogP contribution in [0.3, 0.4) is 0 Å². The van der Waals surface area contributed by atoms with Gasteiger partial charge >= 0.3 is 0 Å². The molecule has 0 aliphatic rings. The number of fused-ring (bicyclic) bond motifs is 1. The Morgan fingerprint density at radius 2 is 1.88 bits per heavy atom. The summed E-state index contributed by atoms with van der Waals surface area (Å²) in [5.74, 6) is -0.350. The highest BCUT2D eigenvalue weighted by Crippen LogP contribution is 2.22. The van der Waals surface area contributed by atoms with E-state index in [0.29, 0.717) is 22.8 Å². The maximum absolute atomic E-state index is 13.1. The molecule has 2 aromatic carbocycles. The van der Waals surface area contributed by atoms with Crippen LogP contribution in [0.4, 0.5) is 10.3 Å². The quantitative estimate of drug-likeness (QED) is 0.541. The lowest BCUT2D eigenvalue weighted by atomic mass is 10.1. The number of aromatic amines is 2. The fourth-order valence-electron chi connectivity index (χ4n) is 2.48. The first-order valence-corrected chi connectivity index (χ1v) is 7.26. The number of hydrogen-bond acceptors (Lipinski definition) is 3. The molecule has 0 aliphatic carbocycles. The van der Waals surface area contributed by atoms with E-state index in [2.05, 4.69) is 25.5 Å². The molecule has 0 bridgehead atoms. The van der Waals surface area contributed by atoms with Crippen molar-refractivity contribution in [2.75, 3.05) is 5.32 Å². The molecule has 0 fully saturated rings. The van der Waals surface area contributed by atoms with Crippen LogP contribution in [0.1, 0.15) is 10.4 Å². The Hall–Kier alpha value is -3.48. The van der Waals surface area contributed by atoms with Crippen LogP contribution in [0.2, 0.25) is 0 Å². The summed E-state index contributed by atoms with van der Waals surface area (Å²) in [6.45, 7) is 0. The maximum atomic E-state index is 13.1. The molecule has 4 rings (SSSR count). The molecule has 4 aromatic rings. The van der Waals surface area contributed by atoms with E-state index >= 15 is 0 Å². The van der Waals surface area contributed by atoms with Crippen LogP contribution in [0.5, 0.6) is 0 Å². The van der Waals surface area contributed by atoms with Crippen molar-refractivity contribution in [3.05, 3.63) is 66.1 Å². The third-order valence-corrected chi connectivity index (χ3v) is 3.62. The van der Waals surface area contributed by atoms with Crippen molar-refractivity contribution >= 4 is 22.9 Å². The SMILES string of the molecule is O=C(Nc1nc2ccccc2[nH]1)c1c[nH]nc1-c1ccc(F)cc1. The number of anilines is 1. The standard InChI is InChI=1S/C17H12FN5O/c18-11-7-5-10(6-8-11)15-12(9-19-23-15)16(24)22-17-20-13-3-1-2-4-14(13)21-17/h1-9H,(H,19,23)(H2,20,21,22,24). The number of imidazole rings is 1. The average Bonchev–Trinajstić information content (AvgIpc) is 3.21. The van der Waals surface area contributed by atoms with Crippen molar-refractivity contribution in [3.8, 4) is 11.3 Å². The summed E-state index contributed by atoms with van der Waals surface area (Å²) >= 11 is 0. The van der Waals surface area contributed by atoms with Crippen molar-refractivity contribution in [1.82, 2.24) is 20.2 Å². The smallest absolute Gasteiger partial charge is 0.261 e. The van der Waals surface area contributed by atoms with Gasteiger partial charge in [0, 0.05) is 11.8 Å². The van der Waals surface area contributed by atoms with E-state index in [1.165, 1.54) is 18.3 Å². The minimum Gasteiger partial charge on any atom is -0.324 e. The van der Waals surface area contributed by atoms with Gasteiger partial charge in [-0.1, -0.05) is 12.1 Å². The number of aromatic nitrogens is 4. The second-order valence-corrected chi connectivity index (χ2v) is 5.21. The predicted octanol–water partition coefficient (Wildman–Crippen LogP) is 3.34. The number of nitrogens with one attached hydrogen (secondary N) is 3. The Morgan fingerprint density at radius 3 is 2.67 bits per heavy atom. The fourth-order valence-corrected chi connectivity index (χ4v) is 2.48. The van der Waals surface area contributed by atoms with Gasteiger partial charge in [-0.15, -0.1) is 0 Å². The Labute approximate surface area is 135 Å². The van der Waals surface area contributed by atoms with E-state index < -0.39 is 0 Å². The molecule has 2 heterocycles. The highest BCUT2D eigenvalue weighted by molar-refractivity contribution is 6.07. The molecule has 0 saturated carbocycles. The average molecular weight is 321 g/mol. The summed E-state index contributed by atoms with van der Waals surface area (Å²) in [5.41, 5.74) is 3.04. The highest BCUT2D eigenvalue weighted by atomic mass is 19.1. The number of hydrogen-bond donors (Lipinski definition) is 3. The van der Waals surface area contributed by atoms with Crippen molar-refractivity contribution < 1.29 is 9.18 Å². The Kier molecular flexibility index (Phi) is 3.31. The second kappa shape index (κ2) is 5.62. The third kappa shape index (κ3) is 2.52. The number of rotatable bonds is 3. The van der Waals surface area contributed by atoms with E-state index in [1.807, 2.05) is 24.3 Å². The zero-order valence-corrected chi connectivity index (χ0v) is 12.4. The molecule has 3 N–H and O–H groups in total. The normalized spacial score (nSPS) is 10.9. The van der Waals surface area contributed by atoms with Gasteiger partial charge in [0.2, 0.25) is 5.95 Å². The lowest BCUT2D eigenvalue weighted by Crippen LogP contribution is -2.13. The van der Waals surface area contributed by atoms with Crippen LogP contribution in [0, 0.1) is 5.82 Å². The van der Waals surface area contributed by atoms with Crippen molar-refractivity contribution in [2.24, 2.45) is 0 Å². The number of para-hydroxylation sites is 2. The number of halogens is 1. The summed E-state index contributed by atoms with van der Waals surface area (Å²) in [6, 6.07) is 13.3. The van der Waals surface area contributed by atoms with E-state index in [-0.39, 0.29) is 11.7 Å². The van der Waals surface area contributed by atoms with Gasteiger partial charge in [-0.3, -0.25) is 15.2 Å². The van der Waals surface area contributed by atoms with Crippen LogP contribution < -0.4 is 5.32 Å². The van der Waals surface area contributed by atoms with Crippen LogP contribution in [0.25, 0.3) is 22.3 Å². The molecule has 24 heavy (non-hydrogen) atoms. The van der Waals surface area contributed by atoms with Crippen LogP contribution in [-0.4, -0.2) is 26.1 Å². The summed E-state index contributed by atoms with van der Waals surface area (Å²) < 4.78 is 13.1. The molecular weight excluding hydrogens is 309 g/mol. The zero-order valence-electron chi connectivity index (χ0n) is 12.4. The molecule has 0 spiro atoms. The number of nitrogens with zero attached hydrogens (tertiary/aromatic N) is 2. The van der Waals surface area contributed by atoms with Crippen LogP contribution in [-0.2, 0) is 0 Å². The molecule has 118 valence electrons. The first-order chi connectivity index (χ1) is 11.7. The Bertz CT molecular complexity index is 986. The Morgan fingerprint density at radius 1 is 1.08 bits per heavy atom. The monoisotopic (exact) mass is 321 g/mol. The number of carbonyl (C=O) groups excluding carboxylic acids is 1. The minimum atomic E-state index is -0.359. The first-order valence-electron chi connectivity index (χ1n) is 7.26. The van der Waals surface area contributed by atoms with Gasteiger partial charge in [0.15, 0.2) is 0 Å². The summed E-state index contributed by atoms with van der Waals surface area (Å²) in [6.07, 6.45) is 1.50. The second-order valence-electron chi connectivity index (χ2n) is 5.21. The predicted molar refractivity (Wildman–Crippen MR) is 88.0 cm³/mol. The highest BCUT2D eigenvalue weighted by Gasteiger charge is 2.17. The fraction of sp³-hybridized carbons (Fsp3) is 0. The maximum Gasteiger partial charge on any atom is 0.261 e. The van der Waals surface area contributed by atoms with Gasteiger partial charge in [-0.25, -0.2) is 9.37 Å². The lowest BCUT2D eigenvalue weighted by Gasteiger charge is -2.03. The van der Waals surface area contributed by atoms with Crippen LogP contribution in [0.15, 0.2) is 54.7 Å². The molecular formula is C17H12FN5O. The molecule has 7 heteroatoms. The molecule has 0 radical (unpaired) electrons. The van der Waals surface area contributed by atoms with E-state index in [9.17, 15) is 9.18 Å². The molecule has 0 saturated heterocycles. The summed E-state index contributed by atoms with van der Waals surface area (Å²) in [7, 11) is 0. The van der Waals surface area contributed by atoms with Gasteiger partial charge in [0.1, 0.15) is 11.5 Å². The van der Waals surface area contributed by atoms with Crippen molar-refractivity contribution in [3.63, 3.8) is 0 Å². The lowest BCUT2D eigenvalue weighted by molar-refractivity contribution is 0.102. The van der Waals surface area contributed by atoms with Gasteiger partial charge in [-0.2, -0.15) is 5.10 Å². The minimum absolute atomic E-state index is 0.345. The van der Waals surface area contributed by atoms with E-state index in [0.717, 1.165) is 11.0 Å². The molecule has 0 aliphatic heterocycles. The van der Waals surface area contributed by atoms with Gasteiger partial charge in [-0.05, 0) is 36.4 Å². The van der Waals surface area contributed by atoms with Crippen LogP contribution >= 0.6 is 0 Å². The Balaban J connectivity index is 1.63. The molecule has 2 aromatic heterocycles. The molecule has 0 atom stereocenters. The van der Waals surface area contributed by atoms with Crippen molar-refractivity contribution in [1.29, 1.82) is 0 Å². The largest absolute Gasteiger partial charge is 0.324 e. The topological polar surface area (TPSA) is 86.5 Å². The number of benzene rings is 2. The summed E-state index contributed by atoms with van der Waals surface area (Å²) in [4.78, 5) is 19.8. The number of carbonyl (C=O) groups is 1. The van der Waals surface area contributed by atoms with Gasteiger partial charge in [0.25, 0.3) is 5.91 Å². The van der Waals surface area contributed by atoms with Crippen molar-refractivity contribution in [2.45, 2.75) is 0 Å². The molecule has 1 amide bonds. The van der Waals surface area contributed by atoms with Gasteiger partial charge < -0.3 is 4.98 Å². The summed E-state index contributed by atoms with van der Waals surface area (Å²) in [5, 5.41) is 9.47. The molecule has 0 unspecified atom stereocenters. The number of amides is 1. The zero-order chi connectivity index (χ0) is 16.5. The van der Waals surface area contributed by atoms with E-state index in [1.54, 1.807) is 12.1 Å². The van der Waals surface area contributed by atoms with E-state index in [4.69, 9.17) is 0 Å². The van der Waals surface area contributed by atoms with Gasteiger partial charge in [0.05, 0.1) is 16.6 Å². The third-order valence-electron chi connectivity index (χ3n) is 3.62. The molecule has 6 nitrogen and oxygen atoms in total. The number of H-pyrrole nitrogens is 2.